The van der Waals surface area contributed by atoms with E-state index in [0.29, 0.717) is 21.9 Å². The lowest BCUT2D eigenvalue weighted by atomic mass is 9.85. The molecule has 5 rings (SSSR count). The number of benzene rings is 3. The summed E-state index contributed by atoms with van der Waals surface area (Å²) in [5, 5.41) is 11.9. The molecule has 0 aliphatic carbocycles. The molecule has 0 bridgehead atoms. The van der Waals surface area contributed by atoms with Crippen LogP contribution in [0.15, 0.2) is 97.5 Å². The Hall–Kier alpha value is -4.12. The Balaban J connectivity index is 1.87. The standard InChI is InChI=1S/C26H18O5/c1-15-10-12-16(13-11-15)22(19-14-30-20-8-4-2-6-17(20)24(19)27)23-25(28)18-7-3-5-9-21(18)31-26(23)29/h2-14,22,28H,1H3. The number of aromatic hydroxyl groups is 1. The van der Waals surface area contributed by atoms with Crippen molar-refractivity contribution >= 4 is 21.9 Å². The molecule has 5 aromatic rings. The van der Waals surface area contributed by atoms with E-state index in [2.05, 4.69) is 0 Å². The summed E-state index contributed by atoms with van der Waals surface area (Å²) in [7, 11) is 0. The molecule has 1 N–H and O–H groups in total. The van der Waals surface area contributed by atoms with Gasteiger partial charge in [-0.15, -0.1) is 0 Å². The molecule has 0 aliphatic rings. The minimum absolute atomic E-state index is 0.00475. The zero-order valence-electron chi connectivity index (χ0n) is 16.7. The van der Waals surface area contributed by atoms with E-state index in [-0.39, 0.29) is 27.9 Å². The van der Waals surface area contributed by atoms with Gasteiger partial charge < -0.3 is 13.9 Å². The van der Waals surface area contributed by atoms with Crippen LogP contribution >= 0.6 is 0 Å². The first-order valence-electron chi connectivity index (χ1n) is 9.86. The second-order valence-corrected chi connectivity index (χ2v) is 7.51. The Morgan fingerprint density at radius 2 is 1.45 bits per heavy atom. The van der Waals surface area contributed by atoms with Crippen molar-refractivity contribution in [3.63, 3.8) is 0 Å². The van der Waals surface area contributed by atoms with E-state index in [1.165, 1.54) is 6.26 Å². The summed E-state index contributed by atoms with van der Waals surface area (Å²) < 4.78 is 11.2. The van der Waals surface area contributed by atoms with Crippen LogP contribution in [0.1, 0.15) is 28.2 Å². The van der Waals surface area contributed by atoms with Crippen LogP contribution in [-0.2, 0) is 0 Å². The van der Waals surface area contributed by atoms with Crippen molar-refractivity contribution in [3.8, 4) is 5.75 Å². The molecule has 0 aliphatic heterocycles. The molecule has 2 heterocycles. The summed E-state index contributed by atoms with van der Waals surface area (Å²) in [4.78, 5) is 26.4. The maximum atomic E-state index is 13.4. The van der Waals surface area contributed by atoms with Crippen molar-refractivity contribution in [2.75, 3.05) is 0 Å². The van der Waals surface area contributed by atoms with Gasteiger partial charge in [0.2, 0.25) is 0 Å². The van der Waals surface area contributed by atoms with Gasteiger partial charge in [0.1, 0.15) is 16.9 Å². The fourth-order valence-electron chi connectivity index (χ4n) is 3.96. The van der Waals surface area contributed by atoms with Gasteiger partial charge in [0.25, 0.3) is 0 Å². The zero-order chi connectivity index (χ0) is 21.5. The zero-order valence-corrected chi connectivity index (χ0v) is 16.7. The first-order valence-corrected chi connectivity index (χ1v) is 9.86. The lowest BCUT2D eigenvalue weighted by Crippen LogP contribution is -2.21. The quantitative estimate of drug-likeness (QED) is 0.419. The molecule has 152 valence electrons. The van der Waals surface area contributed by atoms with Gasteiger partial charge in [-0.2, -0.15) is 0 Å². The minimum Gasteiger partial charge on any atom is -0.507 e. The van der Waals surface area contributed by atoms with Gasteiger partial charge in [-0.25, -0.2) is 4.79 Å². The molecular weight excluding hydrogens is 392 g/mol. The highest BCUT2D eigenvalue weighted by molar-refractivity contribution is 5.85. The predicted molar refractivity (Wildman–Crippen MR) is 119 cm³/mol. The van der Waals surface area contributed by atoms with E-state index in [1.807, 2.05) is 31.2 Å². The molecule has 0 fully saturated rings. The third-order valence-corrected chi connectivity index (χ3v) is 5.54. The van der Waals surface area contributed by atoms with Gasteiger partial charge in [-0.3, -0.25) is 4.79 Å². The van der Waals surface area contributed by atoms with Gasteiger partial charge in [-0.05, 0) is 36.8 Å². The average Bonchev–Trinajstić information content (AvgIpc) is 2.78. The first-order chi connectivity index (χ1) is 15.0. The van der Waals surface area contributed by atoms with Crippen molar-refractivity contribution in [1.82, 2.24) is 0 Å². The Morgan fingerprint density at radius 1 is 0.806 bits per heavy atom. The van der Waals surface area contributed by atoms with Crippen molar-refractivity contribution < 1.29 is 13.9 Å². The van der Waals surface area contributed by atoms with Crippen molar-refractivity contribution in [1.29, 1.82) is 0 Å². The van der Waals surface area contributed by atoms with Gasteiger partial charge in [0.05, 0.1) is 28.5 Å². The highest BCUT2D eigenvalue weighted by atomic mass is 16.4. The smallest absolute Gasteiger partial charge is 0.344 e. The van der Waals surface area contributed by atoms with Gasteiger partial charge in [0, 0.05) is 5.56 Å². The van der Waals surface area contributed by atoms with E-state index in [1.54, 1.807) is 48.5 Å². The third-order valence-electron chi connectivity index (χ3n) is 5.54. The van der Waals surface area contributed by atoms with Crippen LogP contribution in [0.25, 0.3) is 21.9 Å². The van der Waals surface area contributed by atoms with E-state index >= 15 is 0 Å². The number of aryl methyl sites for hydroxylation is 1. The highest BCUT2D eigenvalue weighted by Crippen LogP contribution is 2.37. The molecular formula is C26H18O5. The molecule has 0 saturated heterocycles. The van der Waals surface area contributed by atoms with E-state index < -0.39 is 11.5 Å². The first kappa shape index (κ1) is 18.9. The monoisotopic (exact) mass is 410 g/mol. The Bertz CT molecular complexity index is 1540. The van der Waals surface area contributed by atoms with Crippen molar-refractivity contribution in [2.24, 2.45) is 0 Å². The molecule has 2 aromatic heterocycles. The Morgan fingerprint density at radius 3 is 2.19 bits per heavy atom. The molecule has 1 atom stereocenters. The summed E-state index contributed by atoms with van der Waals surface area (Å²) in [5.41, 5.74) is 1.73. The fourth-order valence-corrected chi connectivity index (χ4v) is 3.96. The molecule has 31 heavy (non-hydrogen) atoms. The molecule has 0 saturated carbocycles. The van der Waals surface area contributed by atoms with Gasteiger partial charge >= 0.3 is 5.63 Å². The molecule has 0 radical (unpaired) electrons. The predicted octanol–water partition coefficient (Wildman–Crippen LogP) is 5.09. The molecule has 0 amide bonds. The minimum atomic E-state index is -0.859. The fraction of sp³-hybridized carbons (Fsp3) is 0.0769. The van der Waals surface area contributed by atoms with E-state index in [9.17, 15) is 14.7 Å². The van der Waals surface area contributed by atoms with Crippen LogP contribution in [-0.4, -0.2) is 5.11 Å². The number of hydrogen-bond donors (Lipinski definition) is 1. The number of rotatable bonds is 3. The Labute approximate surface area is 176 Å². The second kappa shape index (κ2) is 7.29. The lowest BCUT2D eigenvalue weighted by Gasteiger charge is -2.19. The molecule has 5 nitrogen and oxygen atoms in total. The van der Waals surface area contributed by atoms with Gasteiger partial charge in [-0.1, -0.05) is 54.1 Å². The Kier molecular flexibility index (Phi) is 4.44. The summed E-state index contributed by atoms with van der Waals surface area (Å²) in [5.74, 6) is -1.06. The number of para-hydroxylation sites is 2. The maximum Gasteiger partial charge on any atom is 0.344 e. The maximum absolute atomic E-state index is 13.4. The highest BCUT2D eigenvalue weighted by Gasteiger charge is 2.29. The van der Waals surface area contributed by atoms with Crippen LogP contribution in [0, 0.1) is 6.92 Å². The van der Waals surface area contributed by atoms with Crippen molar-refractivity contribution in [2.45, 2.75) is 12.8 Å². The molecule has 1 unspecified atom stereocenters. The van der Waals surface area contributed by atoms with E-state index in [0.717, 1.165) is 5.56 Å². The van der Waals surface area contributed by atoms with Crippen LogP contribution in [0.2, 0.25) is 0 Å². The number of hydrogen-bond acceptors (Lipinski definition) is 5. The van der Waals surface area contributed by atoms with Crippen LogP contribution in [0.3, 0.4) is 0 Å². The molecule has 3 aromatic carbocycles. The van der Waals surface area contributed by atoms with Crippen LogP contribution < -0.4 is 11.1 Å². The van der Waals surface area contributed by atoms with Crippen molar-refractivity contribution in [3.05, 3.63) is 122 Å². The van der Waals surface area contributed by atoms with E-state index in [4.69, 9.17) is 8.83 Å². The van der Waals surface area contributed by atoms with Gasteiger partial charge in [0.15, 0.2) is 5.43 Å². The van der Waals surface area contributed by atoms with Crippen LogP contribution in [0.5, 0.6) is 5.75 Å². The number of fused-ring (bicyclic) bond motifs is 2. The second-order valence-electron chi connectivity index (χ2n) is 7.51. The average molecular weight is 410 g/mol. The topological polar surface area (TPSA) is 80.7 Å². The SMILES string of the molecule is Cc1ccc(C(c2c(O)c3ccccc3oc2=O)c2coc3ccccc3c2=O)cc1. The third kappa shape index (κ3) is 3.11. The molecule has 5 heteroatoms. The largest absolute Gasteiger partial charge is 0.507 e. The normalized spacial score (nSPS) is 12.3. The summed E-state index contributed by atoms with van der Waals surface area (Å²) in [6.45, 7) is 1.95. The summed E-state index contributed by atoms with van der Waals surface area (Å²) in [6.07, 6.45) is 1.36. The summed E-state index contributed by atoms with van der Waals surface area (Å²) >= 11 is 0. The molecule has 0 spiro atoms. The lowest BCUT2D eigenvalue weighted by molar-refractivity contribution is 0.454. The van der Waals surface area contributed by atoms with Crippen LogP contribution in [0.4, 0.5) is 0 Å². The summed E-state index contributed by atoms with van der Waals surface area (Å²) in [6, 6.07) is 21.1.